The summed E-state index contributed by atoms with van der Waals surface area (Å²) in [6, 6.07) is 11.0. The quantitative estimate of drug-likeness (QED) is 0.766. The van der Waals surface area contributed by atoms with Crippen LogP contribution in [0.5, 0.6) is 0 Å². The molecule has 0 spiro atoms. The van der Waals surface area contributed by atoms with Crippen LogP contribution in [0.15, 0.2) is 55.6 Å². The number of hydrogen-bond acceptors (Lipinski definition) is 2. The first kappa shape index (κ1) is 15.0. The third-order valence-electron chi connectivity index (χ3n) is 4.25. The number of nitrogens with zero attached hydrogens (tertiary/aromatic N) is 1. The zero-order valence-electron chi connectivity index (χ0n) is 12.4. The molecule has 2 heteroatoms. The number of nitrogens with one attached hydrogen (secondary N) is 1. The zero-order chi connectivity index (χ0) is 14.3. The van der Waals surface area contributed by atoms with E-state index in [0.717, 1.165) is 32.7 Å². The molecule has 1 fully saturated rings. The van der Waals surface area contributed by atoms with Crippen LogP contribution in [0, 0.1) is 0 Å². The summed E-state index contributed by atoms with van der Waals surface area (Å²) in [4.78, 5) is 2.44. The molecule has 1 aromatic rings. The lowest BCUT2D eigenvalue weighted by molar-refractivity contribution is 0.199. The van der Waals surface area contributed by atoms with Gasteiger partial charge in [-0.25, -0.2) is 0 Å². The van der Waals surface area contributed by atoms with E-state index in [0.29, 0.717) is 0 Å². The topological polar surface area (TPSA) is 15.3 Å². The third kappa shape index (κ3) is 3.59. The molecule has 1 N–H and O–H groups in total. The van der Waals surface area contributed by atoms with Crippen LogP contribution >= 0.6 is 0 Å². The van der Waals surface area contributed by atoms with E-state index < -0.39 is 0 Å². The Morgan fingerprint density at radius 1 is 1.05 bits per heavy atom. The largest absolute Gasteiger partial charge is 0.317 e. The summed E-state index contributed by atoms with van der Waals surface area (Å²) in [5.41, 5.74) is 1.73. The van der Waals surface area contributed by atoms with Crippen molar-refractivity contribution in [1.29, 1.82) is 0 Å². The normalized spacial score (nSPS) is 17.9. The number of benzene rings is 1. The summed E-state index contributed by atoms with van der Waals surface area (Å²) < 4.78 is 0. The summed E-state index contributed by atoms with van der Waals surface area (Å²) in [6.45, 7) is 12.9. The first-order chi connectivity index (χ1) is 9.80. The summed E-state index contributed by atoms with van der Waals surface area (Å²) >= 11 is 0. The van der Waals surface area contributed by atoms with Crippen LogP contribution in [0.3, 0.4) is 0 Å². The van der Waals surface area contributed by atoms with Gasteiger partial charge in [0.15, 0.2) is 0 Å². The van der Waals surface area contributed by atoms with Gasteiger partial charge in [0.2, 0.25) is 0 Å². The van der Waals surface area contributed by atoms with E-state index in [1.54, 1.807) is 0 Å². The van der Waals surface area contributed by atoms with Crippen molar-refractivity contribution in [3.05, 3.63) is 61.2 Å². The number of piperidine rings is 1. The Morgan fingerprint density at radius 2 is 1.65 bits per heavy atom. The van der Waals surface area contributed by atoms with Crippen molar-refractivity contribution in [2.75, 3.05) is 32.7 Å². The maximum Gasteiger partial charge on any atom is 0.0164 e. The van der Waals surface area contributed by atoms with E-state index in [-0.39, 0.29) is 5.41 Å². The van der Waals surface area contributed by atoms with E-state index in [4.69, 9.17) is 0 Å². The lowest BCUT2D eigenvalue weighted by atomic mass is 9.72. The molecular weight excluding hydrogens is 244 g/mol. The minimum absolute atomic E-state index is 0.262. The smallest absolute Gasteiger partial charge is 0.0164 e. The molecule has 0 aliphatic carbocycles. The van der Waals surface area contributed by atoms with Gasteiger partial charge in [-0.2, -0.15) is 0 Å². The molecule has 2 nitrogen and oxygen atoms in total. The second kappa shape index (κ2) is 7.41. The molecule has 0 unspecified atom stereocenters. The minimum atomic E-state index is 0.262. The summed E-state index contributed by atoms with van der Waals surface area (Å²) in [5, 5.41) is 3.49. The molecule has 0 aromatic heterocycles. The molecule has 1 heterocycles. The summed E-state index contributed by atoms with van der Waals surface area (Å²) in [6.07, 6.45) is 6.37. The predicted molar refractivity (Wildman–Crippen MR) is 87.1 cm³/mol. The van der Waals surface area contributed by atoms with E-state index >= 15 is 0 Å². The Bertz CT molecular complexity index is 408. The highest BCUT2D eigenvalue weighted by Gasteiger charge is 2.35. The second-order valence-electron chi connectivity index (χ2n) is 5.67. The molecule has 2 rings (SSSR count). The van der Waals surface area contributed by atoms with Gasteiger partial charge in [0.25, 0.3) is 0 Å². The molecule has 0 saturated carbocycles. The van der Waals surface area contributed by atoms with E-state index in [1.165, 1.54) is 18.4 Å². The minimum Gasteiger partial charge on any atom is -0.317 e. The van der Waals surface area contributed by atoms with Crippen molar-refractivity contribution in [1.82, 2.24) is 10.2 Å². The highest BCUT2D eigenvalue weighted by molar-refractivity contribution is 5.27. The summed E-state index contributed by atoms with van der Waals surface area (Å²) in [7, 11) is 0. The van der Waals surface area contributed by atoms with Crippen LogP contribution in [0.4, 0.5) is 0 Å². The molecule has 0 amide bonds. The van der Waals surface area contributed by atoms with Crippen LogP contribution in [-0.2, 0) is 5.41 Å². The molecule has 1 saturated heterocycles. The lowest BCUT2D eigenvalue weighted by Gasteiger charge is -2.41. The first-order valence-electron chi connectivity index (χ1n) is 7.51. The number of rotatable bonds is 7. The van der Waals surface area contributed by atoms with Gasteiger partial charge in [0.1, 0.15) is 0 Å². The van der Waals surface area contributed by atoms with Crippen molar-refractivity contribution >= 4 is 0 Å². The Morgan fingerprint density at radius 3 is 2.20 bits per heavy atom. The molecule has 1 aliphatic rings. The predicted octanol–water partition coefficient (Wildman–Crippen LogP) is 2.98. The van der Waals surface area contributed by atoms with Crippen LogP contribution in [0.2, 0.25) is 0 Å². The Balaban J connectivity index is 2.22. The Labute approximate surface area is 123 Å². The van der Waals surface area contributed by atoms with E-state index in [2.05, 4.69) is 53.7 Å². The molecule has 20 heavy (non-hydrogen) atoms. The van der Waals surface area contributed by atoms with Gasteiger partial charge in [0.05, 0.1) is 0 Å². The molecule has 0 radical (unpaired) electrons. The maximum absolute atomic E-state index is 3.88. The first-order valence-corrected chi connectivity index (χ1v) is 7.51. The van der Waals surface area contributed by atoms with Gasteiger partial charge in [0, 0.05) is 25.0 Å². The fourth-order valence-electron chi connectivity index (χ4n) is 3.23. The molecule has 1 aromatic carbocycles. The fraction of sp³-hybridized carbons (Fsp3) is 0.444. The van der Waals surface area contributed by atoms with Crippen molar-refractivity contribution in [3.63, 3.8) is 0 Å². The van der Waals surface area contributed by atoms with Crippen LogP contribution in [0.1, 0.15) is 18.4 Å². The van der Waals surface area contributed by atoms with Crippen LogP contribution in [0.25, 0.3) is 0 Å². The summed E-state index contributed by atoms with van der Waals surface area (Å²) in [5.74, 6) is 0. The third-order valence-corrected chi connectivity index (χ3v) is 4.25. The number of hydrogen-bond donors (Lipinski definition) is 1. The fourth-order valence-corrected chi connectivity index (χ4v) is 3.23. The SMILES string of the molecule is C=CCN(CC=C)CC1(c2ccccc2)CCNCC1. The van der Waals surface area contributed by atoms with Gasteiger partial charge in [-0.3, -0.25) is 4.90 Å². The van der Waals surface area contributed by atoms with Crippen molar-refractivity contribution in [2.24, 2.45) is 0 Å². The molecule has 0 atom stereocenters. The second-order valence-corrected chi connectivity index (χ2v) is 5.67. The van der Waals surface area contributed by atoms with Crippen molar-refractivity contribution in [3.8, 4) is 0 Å². The van der Waals surface area contributed by atoms with Crippen LogP contribution < -0.4 is 5.32 Å². The maximum atomic E-state index is 3.88. The highest BCUT2D eigenvalue weighted by atomic mass is 15.1. The average molecular weight is 270 g/mol. The van der Waals surface area contributed by atoms with Crippen molar-refractivity contribution in [2.45, 2.75) is 18.3 Å². The van der Waals surface area contributed by atoms with Gasteiger partial charge in [-0.05, 0) is 31.5 Å². The zero-order valence-corrected chi connectivity index (χ0v) is 12.4. The van der Waals surface area contributed by atoms with Gasteiger partial charge >= 0.3 is 0 Å². The highest BCUT2D eigenvalue weighted by Crippen LogP contribution is 2.34. The molecular formula is C18H26N2. The average Bonchev–Trinajstić information content (AvgIpc) is 2.50. The Hall–Kier alpha value is -1.38. The van der Waals surface area contributed by atoms with Gasteiger partial charge in [-0.1, -0.05) is 42.5 Å². The molecule has 108 valence electrons. The van der Waals surface area contributed by atoms with Crippen molar-refractivity contribution < 1.29 is 0 Å². The van der Waals surface area contributed by atoms with Crippen LogP contribution in [-0.4, -0.2) is 37.6 Å². The van der Waals surface area contributed by atoms with Gasteiger partial charge in [-0.15, -0.1) is 13.2 Å². The van der Waals surface area contributed by atoms with E-state index in [1.807, 2.05) is 12.2 Å². The monoisotopic (exact) mass is 270 g/mol. The van der Waals surface area contributed by atoms with Gasteiger partial charge < -0.3 is 5.32 Å². The standard InChI is InChI=1S/C18H26N2/c1-3-14-20(15-4-2)16-18(10-12-19-13-11-18)17-8-6-5-7-9-17/h3-9,19H,1-2,10-16H2. The van der Waals surface area contributed by atoms with E-state index in [9.17, 15) is 0 Å². The lowest BCUT2D eigenvalue weighted by Crippen LogP contribution is -2.47. The Kier molecular flexibility index (Phi) is 5.57. The molecule has 0 bridgehead atoms. The molecule has 1 aliphatic heterocycles.